The fraction of sp³-hybridized carbons (Fsp3) is 0.481. The molecule has 0 unspecified atom stereocenters. The number of terminal acetylenes is 1. The number of benzene rings is 2. The number of rotatable bonds is 10. The Hall–Kier alpha value is -6.61. The zero-order chi connectivity index (χ0) is 48.2. The summed E-state index contributed by atoms with van der Waals surface area (Å²) in [7, 11) is 0. The number of aliphatic hydroxyl groups is 2. The molecule has 1 aliphatic carbocycles. The number of phenols is 1. The van der Waals surface area contributed by atoms with Crippen LogP contribution in [0, 0.1) is 23.2 Å². The lowest BCUT2D eigenvalue weighted by atomic mass is 9.60. The third-order valence-corrected chi connectivity index (χ3v) is 15.3. The number of hydrogen-bond donors (Lipinski definition) is 6. The standard InChI is InChI=1S/C52H61N11O6/c1-5-31-10-12-32(13-11-31)24-53-47(67)41-20-36(65)27-63(41)48(68)45(51(2,3)4)57-50(69)61-29-52(30-61)22-35(23-52)60-17-14-33(15-18-60)34-25-54-49(55-26-34)62-19-16-39-44(42(62)28-64)38-21-40(58-59-46(38)56-39)37-8-6-7-9-43(37)66/h1,6-13,21,25-26,33,35-36,41-42,45,64-66H,14-20,22-24,27-30H2,2-4H3,(H,53,67)(H,56,59)(H,57,69)/t36-,41+,42+,45-/m1/s1. The van der Waals surface area contributed by atoms with Crippen molar-refractivity contribution in [2.45, 2.75) is 102 Å². The number of piperidine rings is 1. The van der Waals surface area contributed by atoms with Gasteiger partial charge in [0, 0.05) is 97.2 Å². The van der Waals surface area contributed by atoms with Crippen molar-refractivity contribution >= 4 is 34.8 Å². The number of urea groups is 1. The van der Waals surface area contributed by atoms with E-state index in [1.54, 1.807) is 35.2 Å². The molecule has 4 amide bonds. The minimum absolute atomic E-state index is 0.0165. The van der Waals surface area contributed by atoms with Crippen molar-refractivity contribution in [3.05, 3.63) is 94.9 Å². The molecule has 7 heterocycles. The predicted molar refractivity (Wildman–Crippen MR) is 259 cm³/mol. The van der Waals surface area contributed by atoms with Crippen LogP contribution in [0.1, 0.15) is 92.8 Å². The van der Waals surface area contributed by atoms with Gasteiger partial charge in [-0.15, -0.1) is 16.6 Å². The number of hydrogen-bond acceptors (Lipinski definition) is 12. The number of anilines is 1. The average Bonchev–Trinajstić information content (AvgIpc) is 3.91. The van der Waals surface area contributed by atoms with Gasteiger partial charge in [-0.1, -0.05) is 51.0 Å². The third kappa shape index (κ3) is 8.97. The first kappa shape index (κ1) is 46.1. The van der Waals surface area contributed by atoms with E-state index in [1.165, 1.54) is 4.90 Å². The number of phenolic OH excluding ortho intramolecular Hbond substituents is 1. The molecular formula is C52H61N11O6. The van der Waals surface area contributed by atoms with E-state index < -0.39 is 23.6 Å². The summed E-state index contributed by atoms with van der Waals surface area (Å²) >= 11 is 0. The van der Waals surface area contributed by atoms with Crippen LogP contribution in [-0.4, -0.2) is 143 Å². The summed E-state index contributed by atoms with van der Waals surface area (Å²) in [5.41, 5.74) is 5.88. The molecule has 3 aromatic heterocycles. The quantitative estimate of drug-likeness (QED) is 0.109. The van der Waals surface area contributed by atoms with Gasteiger partial charge in [0.1, 0.15) is 17.8 Å². The van der Waals surface area contributed by atoms with Crippen molar-refractivity contribution in [2.24, 2.45) is 10.8 Å². The molecule has 10 rings (SSSR count). The summed E-state index contributed by atoms with van der Waals surface area (Å²) < 4.78 is 0. The van der Waals surface area contributed by atoms with Crippen molar-refractivity contribution in [3.8, 4) is 29.4 Å². The molecule has 5 aromatic rings. The van der Waals surface area contributed by atoms with E-state index in [0.717, 1.165) is 72.1 Å². The number of aromatic hydroxyl groups is 1. The van der Waals surface area contributed by atoms with Gasteiger partial charge >= 0.3 is 6.03 Å². The van der Waals surface area contributed by atoms with E-state index in [1.807, 2.05) is 57.4 Å². The maximum Gasteiger partial charge on any atom is 0.318 e. The molecule has 360 valence electrons. The Bertz CT molecular complexity index is 2760. The van der Waals surface area contributed by atoms with E-state index in [2.05, 4.69) is 41.5 Å². The lowest BCUT2D eigenvalue weighted by Gasteiger charge is -2.61. The second-order valence-electron chi connectivity index (χ2n) is 20.9. The maximum atomic E-state index is 14.2. The molecule has 1 spiro atoms. The molecule has 0 bridgehead atoms. The second-order valence-corrected chi connectivity index (χ2v) is 20.9. The number of H-pyrrole nitrogens is 1. The average molecular weight is 936 g/mol. The van der Waals surface area contributed by atoms with Crippen molar-refractivity contribution in [3.63, 3.8) is 0 Å². The van der Waals surface area contributed by atoms with Crippen LogP contribution in [-0.2, 0) is 22.6 Å². The van der Waals surface area contributed by atoms with Crippen LogP contribution >= 0.6 is 0 Å². The molecule has 6 N–H and O–H groups in total. The SMILES string of the molecule is C#Cc1ccc(CNC(=O)[C@@H]2C[C@@H](O)CN2C(=O)[C@@H](NC(=O)N2CC3(CC(N4CCC(c5cnc(N6CCc7[nH]c8nnc(-c9ccccc9O)cc8c7[C@@H]6CO)nc5)CC4)C3)C2)C(C)(C)C)cc1. The van der Waals surface area contributed by atoms with Gasteiger partial charge in [0.2, 0.25) is 17.8 Å². The van der Waals surface area contributed by atoms with Crippen LogP contribution in [0.5, 0.6) is 5.75 Å². The number of nitrogens with zero attached hydrogens (tertiary/aromatic N) is 8. The van der Waals surface area contributed by atoms with Gasteiger partial charge < -0.3 is 50.5 Å². The number of carbonyl (C=O) groups excluding carboxylic acids is 3. The maximum absolute atomic E-state index is 14.2. The van der Waals surface area contributed by atoms with Crippen molar-refractivity contribution in [1.82, 2.24) is 50.5 Å². The highest BCUT2D eigenvalue weighted by molar-refractivity contribution is 5.93. The molecule has 0 radical (unpaired) electrons. The summed E-state index contributed by atoms with van der Waals surface area (Å²) in [6.07, 6.45) is 13.4. The molecule has 4 aliphatic heterocycles. The van der Waals surface area contributed by atoms with E-state index in [9.17, 15) is 29.7 Å². The van der Waals surface area contributed by atoms with Crippen molar-refractivity contribution < 1.29 is 29.7 Å². The zero-order valence-corrected chi connectivity index (χ0v) is 39.4. The molecule has 69 heavy (non-hydrogen) atoms. The fourth-order valence-electron chi connectivity index (χ4n) is 11.4. The first-order valence-electron chi connectivity index (χ1n) is 24.2. The van der Waals surface area contributed by atoms with Crippen LogP contribution < -0.4 is 15.5 Å². The number of aliphatic hydroxyl groups excluding tert-OH is 2. The van der Waals surface area contributed by atoms with E-state index in [-0.39, 0.29) is 61.2 Å². The molecule has 1 saturated carbocycles. The lowest BCUT2D eigenvalue weighted by molar-refractivity contribution is -0.142. The summed E-state index contributed by atoms with van der Waals surface area (Å²) in [6, 6.07) is 14.3. The van der Waals surface area contributed by atoms with Gasteiger partial charge in [0.25, 0.3) is 0 Å². The summed E-state index contributed by atoms with van der Waals surface area (Å²) in [5, 5.41) is 47.4. The Balaban J connectivity index is 0.700. The highest BCUT2D eigenvalue weighted by Gasteiger charge is 2.56. The van der Waals surface area contributed by atoms with E-state index >= 15 is 0 Å². The van der Waals surface area contributed by atoms with Crippen LogP contribution in [0.15, 0.2) is 67.0 Å². The molecule has 3 saturated heterocycles. The number of nitrogens with one attached hydrogen (secondary N) is 3. The largest absolute Gasteiger partial charge is 0.507 e. The summed E-state index contributed by atoms with van der Waals surface area (Å²) in [4.78, 5) is 62.3. The van der Waals surface area contributed by atoms with Crippen molar-refractivity contribution in [1.29, 1.82) is 0 Å². The number of para-hydroxylation sites is 1. The van der Waals surface area contributed by atoms with Crippen LogP contribution in [0.4, 0.5) is 10.7 Å². The molecule has 17 nitrogen and oxygen atoms in total. The van der Waals surface area contributed by atoms with Gasteiger partial charge in [-0.25, -0.2) is 14.8 Å². The highest BCUT2D eigenvalue weighted by atomic mass is 16.3. The fourth-order valence-corrected chi connectivity index (χ4v) is 11.4. The molecule has 2 aromatic carbocycles. The number of fused-ring (bicyclic) bond motifs is 3. The third-order valence-electron chi connectivity index (χ3n) is 15.3. The van der Waals surface area contributed by atoms with Gasteiger partial charge in [0.05, 0.1) is 24.4 Å². The topological polar surface area (TPSA) is 216 Å². The first-order chi connectivity index (χ1) is 33.2. The second kappa shape index (κ2) is 18.4. The van der Waals surface area contributed by atoms with Crippen LogP contribution in [0.2, 0.25) is 0 Å². The molecule has 4 fully saturated rings. The molecular weight excluding hydrogens is 875 g/mol. The molecule has 17 heteroatoms. The van der Waals surface area contributed by atoms with Gasteiger partial charge in [-0.3, -0.25) is 9.59 Å². The van der Waals surface area contributed by atoms with Gasteiger partial charge in [-0.2, -0.15) is 0 Å². The molecule has 4 atom stereocenters. The zero-order valence-electron chi connectivity index (χ0n) is 39.4. The Morgan fingerprint density at radius 2 is 1.72 bits per heavy atom. The normalized spacial score (nSPS) is 22.1. The number of amides is 4. The Morgan fingerprint density at radius 3 is 2.41 bits per heavy atom. The minimum atomic E-state index is -0.895. The first-order valence-corrected chi connectivity index (χ1v) is 24.2. The molecule has 5 aliphatic rings. The Morgan fingerprint density at radius 1 is 1.00 bits per heavy atom. The number of β-amino-alcohol motifs (C(OH)–C–C–N with tert-alkyl or cyclic N) is 1. The monoisotopic (exact) mass is 935 g/mol. The minimum Gasteiger partial charge on any atom is -0.507 e. The van der Waals surface area contributed by atoms with Crippen molar-refractivity contribution in [2.75, 3.05) is 50.8 Å². The Kier molecular flexibility index (Phi) is 12.3. The lowest BCUT2D eigenvalue weighted by Crippen LogP contribution is -2.70. The number of aromatic nitrogens is 5. The Labute approximate surface area is 401 Å². The highest BCUT2D eigenvalue weighted by Crippen LogP contribution is 2.51. The van der Waals surface area contributed by atoms with Crippen LogP contribution in [0.3, 0.4) is 0 Å². The van der Waals surface area contributed by atoms with Crippen LogP contribution in [0.25, 0.3) is 22.3 Å². The predicted octanol–water partition coefficient (Wildman–Crippen LogP) is 4.24. The number of carbonyl (C=O) groups is 3. The summed E-state index contributed by atoms with van der Waals surface area (Å²) in [6.45, 7) is 9.68. The summed E-state index contributed by atoms with van der Waals surface area (Å²) in [5.74, 6) is 2.89. The number of aromatic amines is 1. The van der Waals surface area contributed by atoms with E-state index in [0.29, 0.717) is 60.9 Å². The van der Waals surface area contributed by atoms with Gasteiger partial charge in [0.15, 0.2) is 5.65 Å². The number of likely N-dealkylation sites (tertiary alicyclic amines) is 3. The smallest absolute Gasteiger partial charge is 0.318 e. The van der Waals surface area contributed by atoms with E-state index in [4.69, 9.17) is 16.4 Å². The van der Waals surface area contributed by atoms with Gasteiger partial charge in [-0.05, 0) is 91.6 Å².